The SMILES string of the molecule is C=CC(=O)N1CCC(c2c(-c3ccc(Oc4ccc(C(F)(F)F)cn4)cc3)c3c(N)ncnc3n2C)C1. The lowest BCUT2D eigenvalue weighted by molar-refractivity contribution is -0.137. The van der Waals surface area contributed by atoms with Gasteiger partial charge in [0.2, 0.25) is 11.8 Å². The van der Waals surface area contributed by atoms with Crippen LogP contribution in [0.5, 0.6) is 11.6 Å². The van der Waals surface area contributed by atoms with Crippen molar-refractivity contribution in [2.45, 2.75) is 18.5 Å². The van der Waals surface area contributed by atoms with Crippen molar-refractivity contribution in [2.75, 3.05) is 18.8 Å². The standard InChI is InChI=1S/C26H23F3N6O2/c1-3-20(36)35-11-10-16(13-35)23-21(22-24(30)32-14-33-25(22)34(23)2)15-4-7-18(8-5-15)37-19-9-6-17(12-31-19)26(27,28)29/h3-9,12,14,16H,1,10-11,13H2,2H3,(H2,30,32,33). The molecule has 4 heterocycles. The number of carbonyl (C=O) groups is 1. The molecule has 1 unspecified atom stereocenters. The van der Waals surface area contributed by atoms with Gasteiger partial charge in [-0.3, -0.25) is 4.79 Å². The second-order valence-electron chi connectivity index (χ2n) is 8.76. The number of nitrogens with two attached hydrogens (primary N) is 1. The molecule has 2 N–H and O–H groups in total. The summed E-state index contributed by atoms with van der Waals surface area (Å²) in [6.07, 6.45) is -0.230. The number of anilines is 1. The van der Waals surface area contributed by atoms with Crippen LogP contribution in [0.2, 0.25) is 0 Å². The van der Waals surface area contributed by atoms with E-state index in [2.05, 4.69) is 21.5 Å². The minimum Gasteiger partial charge on any atom is -0.439 e. The van der Waals surface area contributed by atoms with Gasteiger partial charge in [0, 0.05) is 49.6 Å². The van der Waals surface area contributed by atoms with Crippen molar-refractivity contribution in [1.29, 1.82) is 0 Å². The molecule has 1 aromatic carbocycles. The van der Waals surface area contributed by atoms with E-state index in [4.69, 9.17) is 10.5 Å². The average Bonchev–Trinajstić information content (AvgIpc) is 3.47. The number of carbonyl (C=O) groups excluding carboxylic acids is 1. The van der Waals surface area contributed by atoms with Crippen molar-refractivity contribution >= 4 is 22.8 Å². The fourth-order valence-corrected chi connectivity index (χ4v) is 4.80. The van der Waals surface area contributed by atoms with E-state index in [0.29, 0.717) is 35.7 Å². The number of nitrogens with zero attached hydrogens (tertiary/aromatic N) is 5. The van der Waals surface area contributed by atoms with Crippen LogP contribution in [0.25, 0.3) is 22.2 Å². The number of aryl methyl sites for hydroxylation is 1. The number of benzene rings is 1. The molecule has 0 saturated carbocycles. The Kier molecular flexibility index (Phi) is 6.06. The van der Waals surface area contributed by atoms with Crippen molar-refractivity contribution in [3.8, 4) is 22.8 Å². The molecule has 4 aromatic rings. The first-order valence-corrected chi connectivity index (χ1v) is 11.5. The number of halogens is 3. The summed E-state index contributed by atoms with van der Waals surface area (Å²) < 4.78 is 46.0. The summed E-state index contributed by atoms with van der Waals surface area (Å²) in [5.74, 6) is 0.728. The summed E-state index contributed by atoms with van der Waals surface area (Å²) >= 11 is 0. The number of pyridine rings is 1. The molecule has 5 rings (SSSR count). The average molecular weight is 509 g/mol. The summed E-state index contributed by atoms with van der Waals surface area (Å²) in [7, 11) is 1.92. The van der Waals surface area contributed by atoms with Gasteiger partial charge in [0.15, 0.2) is 0 Å². The maximum Gasteiger partial charge on any atom is 0.417 e. The lowest BCUT2D eigenvalue weighted by atomic mass is 9.94. The molecule has 190 valence electrons. The molecule has 3 aromatic heterocycles. The number of fused-ring (bicyclic) bond motifs is 1. The van der Waals surface area contributed by atoms with Crippen LogP contribution in [-0.4, -0.2) is 43.4 Å². The van der Waals surface area contributed by atoms with Crippen LogP contribution in [0, 0.1) is 0 Å². The maximum absolute atomic E-state index is 12.8. The van der Waals surface area contributed by atoms with Gasteiger partial charge in [-0.05, 0) is 36.3 Å². The monoisotopic (exact) mass is 508 g/mol. The lowest BCUT2D eigenvalue weighted by Gasteiger charge is -2.17. The van der Waals surface area contributed by atoms with Gasteiger partial charge >= 0.3 is 6.18 Å². The number of amides is 1. The molecule has 0 bridgehead atoms. The quantitative estimate of drug-likeness (QED) is 0.384. The van der Waals surface area contributed by atoms with E-state index in [1.807, 2.05) is 23.7 Å². The molecule has 0 spiro atoms. The third-order valence-electron chi connectivity index (χ3n) is 6.53. The van der Waals surface area contributed by atoms with E-state index in [1.54, 1.807) is 17.0 Å². The number of nitrogen functional groups attached to an aromatic ring is 1. The van der Waals surface area contributed by atoms with Crippen LogP contribution in [-0.2, 0) is 18.0 Å². The molecule has 1 atom stereocenters. The predicted molar refractivity (Wildman–Crippen MR) is 132 cm³/mol. The number of aromatic nitrogens is 4. The molecule has 1 aliphatic rings. The molecule has 11 heteroatoms. The summed E-state index contributed by atoms with van der Waals surface area (Å²) in [5.41, 5.74) is 8.81. The zero-order chi connectivity index (χ0) is 26.3. The van der Waals surface area contributed by atoms with Gasteiger partial charge in [0.05, 0.1) is 10.9 Å². The third-order valence-corrected chi connectivity index (χ3v) is 6.53. The highest BCUT2D eigenvalue weighted by molar-refractivity contribution is 6.02. The number of ether oxygens (including phenoxy) is 1. The molecule has 1 fully saturated rings. The minimum atomic E-state index is -4.47. The number of hydrogen-bond acceptors (Lipinski definition) is 6. The molecule has 37 heavy (non-hydrogen) atoms. The summed E-state index contributed by atoms with van der Waals surface area (Å²) in [5, 5.41) is 0.714. The van der Waals surface area contributed by atoms with Crippen molar-refractivity contribution in [3.63, 3.8) is 0 Å². The molecule has 1 amide bonds. The van der Waals surface area contributed by atoms with Crippen molar-refractivity contribution in [1.82, 2.24) is 24.4 Å². The second kappa shape index (κ2) is 9.23. The van der Waals surface area contributed by atoms with Crippen LogP contribution in [0.15, 0.2) is 61.6 Å². The minimum absolute atomic E-state index is 0.0437. The van der Waals surface area contributed by atoms with E-state index in [1.165, 1.54) is 18.5 Å². The Morgan fingerprint density at radius 1 is 1.16 bits per heavy atom. The van der Waals surface area contributed by atoms with Crippen LogP contribution in [0.4, 0.5) is 19.0 Å². The molecule has 1 aliphatic heterocycles. The summed E-state index contributed by atoms with van der Waals surface area (Å²) in [6.45, 7) is 4.74. The van der Waals surface area contributed by atoms with Gasteiger partial charge in [0.1, 0.15) is 23.5 Å². The first-order chi connectivity index (χ1) is 17.7. The first kappa shape index (κ1) is 24.3. The number of alkyl halides is 3. The Bertz CT molecular complexity index is 1480. The normalized spacial score (nSPS) is 15.8. The van der Waals surface area contributed by atoms with E-state index >= 15 is 0 Å². The molecule has 0 aliphatic carbocycles. The second-order valence-corrected chi connectivity index (χ2v) is 8.76. The Hall–Kier alpha value is -4.41. The number of hydrogen-bond donors (Lipinski definition) is 1. The smallest absolute Gasteiger partial charge is 0.417 e. The Morgan fingerprint density at radius 3 is 2.57 bits per heavy atom. The molecule has 0 radical (unpaired) electrons. The first-order valence-electron chi connectivity index (χ1n) is 11.5. The summed E-state index contributed by atoms with van der Waals surface area (Å²) in [4.78, 5) is 26.4. The van der Waals surface area contributed by atoms with E-state index in [9.17, 15) is 18.0 Å². The van der Waals surface area contributed by atoms with Gasteiger partial charge in [-0.1, -0.05) is 18.7 Å². The molecule has 1 saturated heterocycles. The molecular weight excluding hydrogens is 485 g/mol. The van der Waals surface area contributed by atoms with E-state index in [-0.39, 0.29) is 17.7 Å². The highest BCUT2D eigenvalue weighted by Gasteiger charge is 2.33. The zero-order valence-corrected chi connectivity index (χ0v) is 19.9. The molecular formula is C26H23F3N6O2. The highest BCUT2D eigenvalue weighted by atomic mass is 19.4. The summed E-state index contributed by atoms with van der Waals surface area (Å²) in [6, 6.07) is 9.19. The van der Waals surface area contributed by atoms with Crippen molar-refractivity contribution in [3.05, 3.63) is 72.8 Å². The number of rotatable bonds is 5. The van der Waals surface area contributed by atoms with Gasteiger partial charge in [-0.2, -0.15) is 13.2 Å². The Labute approximate surface area is 210 Å². The topological polar surface area (TPSA) is 99.2 Å². The van der Waals surface area contributed by atoms with Gasteiger partial charge < -0.3 is 19.9 Å². The van der Waals surface area contributed by atoms with Crippen molar-refractivity contribution < 1.29 is 22.7 Å². The highest BCUT2D eigenvalue weighted by Crippen LogP contribution is 2.42. The van der Waals surface area contributed by atoms with Gasteiger partial charge in [-0.15, -0.1) is 0 Å². The van der Waals surface area contributed by atoms with E-state index in [0.717, 1.165) is 35.5 Å². The van der Waals surface area contributed by atoms with Crippen LogP contribution >= 0.6 is 0 Å². The third kappa shape index (κ3) is 4.48. The van der Waals surface area contributed by atoms with Crippen LogP contribution < -0.4 is 10.5 Å². The fraction of sp³-hybridized carbons (Fsp3) is 0.231. The zero-order valence-electron chi connectivity index (χ0n) is 19.9. The Balaban J connectivity index is 1.50. The lowest BCUT2D eigenvalue weighted by Crippen LogP contribution is -2.26. The maximum atomic E-state index is 12.8. The van der Waals surface area contributed by atoms with Crippen LogP contribution in [0.3, 0.4) is 0 Å². The Morgan fingerprint density at radius 2 is 1.92 bits per heavy atom. The fourth-order valence-electron chi connectivity index (χ4n) is 4.80. The van der Waals surface area contributed by atoms with Gasteiger partial charge in [-0.25, -0.2) is 15.0 Å². The van der Waals surface area contributed by atoms with Crippen LogP contribution in [0.1, 0.15) is 23.6 Å². The molecule has 8 nitrogen and oxygen atoms in total. The van der Waals surface area contributed by atoms with Crippen molar-refractivity contribution in [2.24, 2.45) is 7.05 Å². The van der Waals surface area contributed by atoms with E-state index < -0.39 is 11.7 Å². The van der Waals surface area contributed by atoms with Gasteiger partial charge in [0.25, 0.3) is 0 Å². The number of likely N-dealkylation sites (tertiary alicyclic amines) is 1. The predicted octanol–water partition coefficient (Wildman–Crippen LogP) is 4.93. The largest absolute Gasteiger partial charge is 0.439 e.